The van der Waals surface area contributed by atoms with Crippen molar-refractivity contribution < 1.29 is 9.53 Å². The zero-order valence-electron chi connectivity index (χ0n) is 11.1. The van der Waals surface area contributed by atoms with Crippen LogP contribution in [0.25, 0.3) is 0 Å². The Labute approximate surface area is 104 Å². The number of nitrogens with two attached hydrogens (primary N) is 1. The van der Waals surface area contributed by atoms with Gasteiger partial charge in [-0.1, -0.05) is 26.2 Å². The molecule has 3 atom stereocenters. The minimum Gasteiger partial charge on any atom is -0.376 e. The van der Waals surface area contributed by atoms with E-state index in [-0.39, 0.29) is 24.1 Å². The SMILES string of the molecule is CCCCCCC(=O)NC1C(N)CC1OCC. The fraction of sp³-hybridized carbons (Fsp3) is 0.923. The molecule has 1 amide bonds. The molecule has 3 N–H and O–H groups in total. The summed E-state index contributed by atoms with van der Waals surface area (Å²) in [5, 5.41) is 2.99. The quantitative estimate of drug-likeness (QED) is 0.635. The normalized spacial score (nSPS) is 27.6. The largest absolute Gasteiger partial charge is 0.376 e. The number of hydrogen-bond donors (Lipinski definition) is 2. The maximum absolute atomic E-state index is 11.7. The van der Waals surface area contributed by atoms with Crippen LogP contribution in [0, 0.1) is 0 Å². The molecule has 1 fully saturated rings. The van der Waals surface area contributed by atoms with Gasteiger partial charge in [0.1, 0.15) is 0 Å². The smallest absolute Gasteiger partial charge is 0.220 e. The van der Waals surface area contributed by atoms with Crippen LogP contribution in [0.4, 0.5) is 0 Å². The molecule has 1 aliphatic carbocycles. The van der Waals surface area contributed by atoms with E-state index >= 15 is 0 Å². The minimum atomic E-state index is 0.0219. The van der Waals surface area contributed by atoms with Gasteiger partial charge in [0.05, 0.1) is 12.1 Å². The topological polar surface area (TPSA) is 64.4 Å². The first-order chi connectivity index (χ1) is 8.19. The van der Waals surface area contributed by atoms with E-state index in [1.807, 2.05) is 6.92 Å². The molecule has 0 heterocycles. The summed E-state index contributed by atoms with van der Waals surface area (Å²) in [6.07, 6.45) is 6.10. The van der Waals surface area contributed by atoms with E-state index in [0.29, 0.717) is 13.0 Å². The van der Waals surface area contributed by atoms with E-state index in [2.05, 4.69) is 12.2 Å². The van der Waals surface area contributed by atoms with Gasteiger partial charge in [-0.05, 0) is 19.8 Å². The van der Waals surface area contributed by atoms with Crippen LogP contribution in [0.5, 0.6) is 0 Å². The molecule has 0 bridgehead atoms. The zero-order valence-corrected chi connectivity index (χ0v) is 11.1. The van der Waals surface area contributed by atoms with Crippen molar-refractivity contribution in [2.24, 2.45) is 5.73 Å². The zero-order chi connectivity index (χ0) is 12.7. The Morgan fingerprint density at radius 1 is 1.35 bits per heavy atom. The molecule has 1 saturated carbocycles. The number of rotatable bonds is 8. The number of carbonyl (C=O) groups excluding carboxylic acids is 1. The van der Waals surface area contributed by atoms with E-state index < -0.39 is 0 Å². The van der Waals surface area contributed by atoms with Crippen LogP contribution in [0.15, 0.2) is 0 Å². The summed E-state index contributed by atoms with van der Waals surface area (Å²) < 4.78 is 5.51. The molecule has 3 unspecified atom stereocenters. The van der Waals surface area contributed by atoms with Crippen LogP contribution >= 0.6 is 0 Å². The highest BCUT2D eigenvalue weighted by Gasteiger charge is 2.40. The van der Waals surface area contributed by atoms with Gasteiger partial charge >= 0.3 is 0 Å². The molecule has 1 aliphatic rings. The minimum absolute atomic E-state index is 0.0219. The fourth-order valence-corrected chi connectivity index (χ4v) is 2.20. The lowest BCUT2D eigenvalue weighted by molar-refractivity contribution is -0.125. The molecule has 4 nitrogen and oxygen atoms in total. The Bertz CT molecular complexity index is 231. The number of nitrogens with one attached hydrogen (secondary N) is 1. The van der Waals surface area contributed by atoms with Crippen LogP contribution in [0.3, 0.4) is 0 Å². The molecule has 1 rings (SSSR count). The van der Waals surface area contributed by atoms with Crippen molar-refractivity contribution in [2.45, 2.75) is 70.6 Å². The third kappa shape index (κ3) is 4.64. The monoisotopic (exact) mass is 242 g/mol. The van der Waals surface area contributed by atoms with E-state index in [1.54, 1.807) is 0 Å². The van der Waals surface area contributed by atoms with Crippen LogP contribution in [-0.4, -0.2) is 30.7 Å². The Morgan fingerprint density at radius 3 is 2.71 bits per heavy atom. The molecule has 0 aromatic heterocycles. The lowest BCUT2D eigenvalue weighted by Gasteiger charge is -2.42. The van der Waals surface area contributed by atoms with Gasteiger partial charge in [0, 0.05) is 19.1 Å². The summed E-state index contributed by atoms with van der Waals surface area (Å²) in [6, 6.07) is 0.0831. The van der Waals surface area contributed by atoms with Crippen molar-refractivity contribution in [3.8, 4) is 0 Å². The fourth-order valence-electron chi connectivity index (χ4n) is 2.20. The summed E-state index contributed by atoms with van der Waals surface area (Å²) in [7, 11) is 0. The third-order valence-electron chi connectivity index (χ3n) is 3.33. The van der Waals surface area contributed by atoms with Gasteiger partial charge in [-0.25, -0.2) is 0 Å². The predicted molar refractivity (Wildman–Crippen MR) is 68.7 cm³/mol. The molecule has 0 radical (unpaired) electrons. The highest BCUT2D eigenvalue weighted by atomic mass is 16.5. The Morgan fingerprint density at radius 2 is 2.12 bits per heavy atom. The summed E-state index contributed by atoms with van der Waals surface area (Å²) in [4.78, 5) is 11.7. The molecular weight excluding hydrogens is 216 g/mol. The third-order valence-corrected chi connectivity index (χ3v) is 3.33. The molecule has 0 spiro atoms. The number of hydrogen-bond acceptors (Lipinski definition) is 3. The second-order valence-corrected chi connectivity index (χ2v) is 4.80. The predicted octanol–water partition coefficient (Wildman–Crippen LogP) is 1.58. The van der Waals surface area contributed by atoms with Crippen molar-refractivity contribution in [3.63, 3.8) is 0 Å². The molecule has 0 aromatic rings. The summed E-state index contributed by atoms with van der Waals surface area (Å²) in [6.45, 7) is 4.81. The highest BCUT2D eigenvalue weighted by Crippen LogP contribution is 2.22. The lowest BCUT2D eigenvalue weighted by atomic mass is 9.83. The molecular formula is C13H26N2O2. The number of ether oxygens (including phenoxy) is 1. The van der Waals surface area contributed by atoms with Crippen molar-refractivity contribution in [1.29, 1.82) is 0 Å². The maximum Gasteiger partial charge on any atom is 0.220 e. The lowest BCUT2D eigenvalue weighted by Crippen LogP contribution is -2.64. The van der Waals surface area contributed by atoms with Gasteiger partial charge in [0.2, 0.25) is 5.91 Å². The van der Waals surface area contributed by atoms with Crippen molar-refractivity contribution >= 4 is 5.91 Å². The van der Waals surface area contributed by atoms with Crippen molar-refractivity contribution in [2.75, 3.05) is 6.61 Å². The first kappa shape index (κ1) is 14.5. The first-order valence-electron chi connectivity index (χ1n) is 6.85. The molecule has 17 heavy (non-hydrogen) atoms. The van der Waals surface area contributed by atoms with Crippen LogP contribution in [0.1, 0.15) is 52.4 Å². The average molecular weight is 242 g/mol. The molecule has 100 valence electrons. The molecule has 4 heteroatoms. The van der Waals surface area contributed by atoms with E-state index in [1.165, 1.54) is 12.8 Å². The Kier molecular flexibility index (Phi) is 6.52. The summed E-state index contributed by atoms with van der Waals surface area (Å²) in [5.74, 6) is 0.117. The molecule has 0 aliphatic heterocycles. The van der Waals surface area contributed by atoms with E-state index in [4.69, 9.17) is 10.5 Å². The van der Waals surface area contributed by atoms with Crippen molar-refractivity contribution in [1.82, 2.24) is 5.32 Å². The number of unbranched alkanes of at least 4 members (excludes halogenated alkanes) is 3. The molecule has 0 saturated heterocycles. The van der Waals surface area contributed by atoms with Crippen LogP contribution < -0.4 is 11.1 Å². The van der Waals surface area contributed by atoms with Gasteiger partial charge in [-0.15, -0.1) is 0 Å². The van der Waals surface area contributed by atoms with Gasteiger partial charge < -0.3 is 15.8 Å². The standard InChI is InChI=1S/C13H26N2O2/c1-3-5-6-7-8-12(16)15-13-10(14)9-11(13)17-4-2/h10-11,13H,3-9,14H2,1-2H3,(H,15,16). The second-order valence-electron chi connectivity index (χ2n) is 4.80. The number of amides is 1. The van der Waals surface area contributed by atoms with Crippen LogP contribution in [0.2, 0.25) is 0 Å². The van der Waals surface area contributed by atoms with E-state index in [9.17, 15) is 4.79 Å². The maximum atomic E-state index is 11.7. The second kappa shape index (κ2) is 7.67. The van der Waals surface area contributed by atoms with Gasteiger partial charge in [0.25, 0.3) is 0 Å². The Balaban J connectivity index is 2.16. The first-order valence-corrected chi connectivity index (χ1v) is 6.85. The summed E-state index contributed by atoms with van der Waals surface area (Å²) >= 11 is 0. The summed E-state index contributed by atoms with van der Waals surface area (Å²) in [5.41, 5.74) is 5.87. The highest BCUT2D eigenvalue weighted by molar-refractivity contribution is 5.76. The Hall–Kier alpha value is -0.610. The average Bonchev–Trinajstić information content (AvgIpc) is 2.32. The molecule has 0 aromatic carbocycles. The van der Waals surface area contributed by atoms with E-state index in [0.717, 1.165) is 19.3 Å². The number of carbonyl (C=O) groups is 1. The van der Waals surface area contributed by atoms with Gasteiger partial charge in [-0.2, -0.15) is 0 Å². The van der Waals surface area contributed by atoms with Gasteiger partial charge in [-0.3, -0.25) is 4.79 Å². The van der Waals surface area contributed by atoms with Crippen LogP contribution in [-0.2, 0) is 9.53 Å². The van der Waals surface area contributed by atoms with Gasteiger partial charge in [0.15, 0.2) is 0 Å². The van der Waals surface area contributed by atoms with Crippen molar-refractivity contribution in [3.05, 3.63) is 0 Å².